The number of nitrogens with one attached hydrogen (secondary N) is 1. The van der Waals surface area contributed by atoms with Crippen LogP contribution in [0, 0.1) is 17.1 Å². The fraction of sp³-hybridized carbons (Fsp3) is 0.462. The van der Waals surface area contributed by atoms with E-state index in [1.807, 2.05) is 18.2 Å². The Bertz CT molecular complexity index is 1370. The molecule has 0 bridgehead atoms. The lowest BCUT2D eigenvalue weighted by Crippen LogP contribution is -2.50. The Hall–Kier alpha value is -3.51. The van der Waals surface area contributed by atoms with Crippen LogP contribution in [0.25, 0.3) is 11.0 Å². The predicted octanol–water partition coefficient (Wildman–Crippen LogP) is 3.95. The molecule has 1 atom stereocenters. The minimum atomic E-state index is -0.311. The molecular formula is C26H28FN7O. The standard InChI is InChI=1S/C26H28FN7O/c27-22-13-19(7-8-23(22)33-11-10-32-9-3-6-21(32)16-33)30-26-29-15-18-12-17(14-28)25(35)34(24(18)31-26)20-4-1-2-5-20/h7-8,12-13,15,20-21H,1-6,9-11,16H2,(H,29,30,31). The summed E-state index contributed by atoms with van der Waals surface area (Å²) in [5.74, 6) is 0.0174. The summed E-state index contributed by atoms with van der Waals surface area (Å²) < 4.78 is 16.8. The number of anilines is 3. The Morgan fingerprint density at radius 1 is 1.06 bits per heavy atom. The molecular weight excluding hydrogens is 445 g/mol. The Balaban J connectivity index is 1.28. The number of fused-ring (bicyclic) bond motifs is 2. The van der Waals surface area contributed by atoms with E-state index in [-0.39, 0.29) is 23.0 Å². The van der Waals surface area contributed by atoms with Crippen molar-refractivity contribution in [1.82, 2.24) is 19.4 Å². The zero-order valence-corrected chi connectivity index (χ0v) is 19.6. The minimum absolute atomic E-state index is 0.0260. The van der Waals surface area contributed by atoms with Crippen molar-refractivity contribution in [2.45, 2.75) is 50.6 Å². The Labute approximate surface area is 203 Å². The number of hydrogen-bond donors (Lipinski definition) is 1. The third-order valence-corrected chi connectivity index (χ3v) is 7.72. The predicted molar refractivity (Wildman–Crippen MR) is 133 cm³/mol. The van der Waals surface area contributed by atoms with E-state index < -0.39 is 0 Å². The van der Waals surface area contributed by atoms with Gasteiger partial charge in [-0.3, -0.25) is 14.3 Å². The summed E-state index contributed by atoms with van der Waals surface area (Å²) in [6.45, 7) is 3.82. The number of benzene rings is 1. The topological polar surface area (TPSA) is 90.1 Å². The fourth-order valence-electron chi connectivity index (χ4n) is 5.94. The molecule has 2 aliphatic heterocycles. The summed E-state index contributed by atoms with van der Waals surface area (Å²) >= 11 is 0. The lowest BCUT2D eigenvalue weighted by Gasteiger charge is -2.39. The lowest BCUT2D eigenvalue weighted by molar-refractivity contribution is 0.230. The molecule has 2 saturated heterocycles. The number of rotatable bonds is 4. The second kappa shape index (κ2) is 8.93. The fourth-order valence-corrected chi connectivity index (χ4v) is 5.94. The Morgan fingerprint density at radius 2 is 1.89 bits per heavy atom. The molecule has 1 saturated carbocycles. The van der Waals surface area contributed by atoms with Crippen molar-refractivity contribution >= 4 is 28.4 Å². The van der Waals surface area contributed by atoms with Crippen molar-refractivity contribution in [3.05, 3.63) is 52.2 Å². The molecule has 1 aliphatic carbocycles. The van der Waals surface area contributed by atoms with Crippen LogP contribution >= 0.6 is 0 Å². The van der Waals surface area contributed by atoms with Gasteiger partial charge in [-0.15, -0.1) is 0 Å². The van der Waals surface area contributed by atoms with Crippen molar-refractivity contribution < 1.29 is 4.39 Å². The van der Waals surface area contributed by atoms with E-state index in [1.165, 1.54) is 18.9 Å². The zero-order valence-electron chi connectivity index (χ0n) is 19.6. The summed E-state index contributed by atoms with van der Waals surface area (Å²) in [4.78, 5) is 26.6. The van der Waals surface area contributed by atoms with Gasteiger partial charge >= 0.3 is 0 Å². The first-order valence-electron chi connectivity index (χ1n) is 12.5. The third kappa shape index (κ3) is 4.02. The Morgan fingerprint density at radius 3 is 2.69 bits per heavy atom. The first-order valence-corrected chi connectivity index (χ1v) is 12.5. The summed E-state index contributed by atoms with van der Waals surface area (Å²) in [7, 11) is 0. The largest absolute Gasteiger partial charge is 0.366 e. The summed E-state index contributed by atoms with van der Waals surface area (Å²) in [5, 5.41) is 13.2. The van der Waals surface area contributed by atoms with E-state index in [0.717, 1.165) is 51.9 Å². The molecule has 0 amide bonds. The van der Waals surface area contributed by atoms with Gasteiger partial charge in [-0.1, -0.05) is 12.8 Å². The third-order valence-electron chi connectivity index (χ3n) is 7.72. The van der Waals surface area contributed by atoms with Gasteiger partial charge in [-0.2, -0.15) is 10.2 Å². The van der Waals surface area contributed by atoms with Gasteiger partial charge < -0.3 is 10.2 Å². The molecule has 35 heavy (non-hydrogen) atoms. The highest BCUT2D eigenvalue weighted by Gasteiger charge is 2.31. The van der Waals surface area contributed by atoms with Gasteiger partial charge in [0.25, 0.3) is 5.56 Å². The van der Waals surface area contributed by atoms with Gasteiger partial charge in [0.1, 0.15) is 23.1 Å². The van der Waals surface area contributed by atoms with Crippen LogP contribution in [0.15, 0.2) is 35.3 Å². The molecule has 4 heterocycles. The number of piperazine rings is 1. The van der Waals surface area contributed by atoms with Crippen LogP contribution in [0.1, 0.15) is 50.1 Å². The SMILES string of the molecule is N#Cc1cc2cnc(Nc3ccc(N4CCN5CCCC5C4)c(F)c3)nc2n(C2CCCC2)c1=O. The van der Waals surface area contributed by atoms with E-state index >= 15 is 4.39 Å². The minimum Gasteiger partial charge on any atom is -0.366 e. The van der Waals surface area contributed by atoms with Crippen LogP contribution in [0.3, 0.4) is 0 Å². The average Bonchev–Trinajstić information content (AvgIpc) is 3.56. The van der Waals surface area contributed by atoms with Crippen molar-refractivity contribution in [1.29, 1.82) is 5.26 Å². The lowest BCUT2D eigenvalue weighted by atomic mass is 10.1. The highest BCUT2D eigenvalue weighted by Crippen LogP contribution is 2.32. The molecule has 3 fully saturated rings. The first kappa shape index (κ1) is 22.0. The van der Waals surface area contributed by atoms with E-state index in [9.17, 15) is 10.1 Å². The zero-order chi connectivity index (χ0) is 23.9. The van der Waals surface area contributed by atoms with Gasteiger partial charge in [0.15, 0.2) is 0 Å². The van der Waals surface area contributed by atoms with Crippen LogP contribution in [0.2, 0.25) is 0 Å². The van der Waals surface area contributed by atoms with Crippen LogP contribution in [0.4, 0.5) is 21.7 Å². The molecule has 1 unspecified atom stereocenters. The average molecular weight is 474 g/mol. The number of nitriles is 1. The first-order chi connectivity index (χ1) is 17.1. The van der Waals surface area contributed by atoms with Crippen LogP contribution in [-0.2, 0) is 0 Å². The normalized spacial score (nSPS) is 20.8. The maximum atomic E-state index is 15.1. The van der Waals surface area contributed by atoms with Gasteiger partial charge in [0.2, 0.25) is 5.95 Å². The summed E-state index contributed by atoms with van der Waals surface area (Å²) in [6, 6.07) is 9.23. The molecule has 2 aromatic heterocycles. The van der Waals surface area contributed by atoms with Gasteiger partial charge in [0, 0.05) is 49.0 Å². The second-order valence-electron chi connectivity index (χ2n) is 9.83. The van der Waals surface area contributed by atoms with Crippen molar-refractivity contribution in [2.75, 3.05) is 36.4 Å². The summed E-state index contributed by atoms with van der Waals surface area (Å²) in [6.07, 6.45) is 7.89. The molecule has 8 nitrogen and oxygen atoms in total. The van der Waals surface area contributed by atoms with Crippen LogP contribution in [-0.4, -0.2) is 51.7 Å². The molecule has 1 N–H and O–H groups in total. The van der Waals surface area contributed by atoms with Gasteiger partial charge in [-0.05, 0) is 56.5 Å². The van der Waals surface area contributed by atoms with E-state index in [4.69, 9.17) is 0 Å². The number of aromatic nitrogens is 3. The van der Waals surface area contributed by atoms with E-state index in [2.05, 4.69) is 25.1 Å². The highest BCUT2D eigenvalue weighted by atomic mass is 19.1. The molecule has 6 rings (SSSR count). The smallest absolute Gasteiger partial charge is 0.270 e. The van der Waals surface area contributed by atoms with E-state index in [1.54, 1.807) is 16.8 Å². The monoisotopic (exact) mass is 473 g/mol. The number of nitrogens with zero attached hydrogens (tertiary/aromatic N) is 6. The molecule has 1 aromatic carbocycles. The maximum absolute atomic E-state index is 15.1. The molecule has 0 radical (unpaired) electrons. The van der Waals surface area contributed by atoms with Gasteiger partial charge in [-0.25, -0.2) is 9.37 Å². The van der Waals surface area contributed by atoms with Crippen LogP contribution in [0.5, 0.6) is 0 Å². The molecule has 0 spiro atoms. The maximum Gasteiger partial charge on any atom is 0.270 e. The van der Waals surface area contributed by atoms with Crippen molar-refractivity contribution in [3.63, 3.8) is 0 Å². The van der Waals surface area contributed by atoms with Gasteiger partial charge in [0.05, 0.1) is 5.69 Å². The molecule has 180 valence electrons. The molecule has 3 aliphatic rings. The van der Waals surface area contributed by atoms with Crippen molar-refractivity contribution in [3.8, 4) is 6.07 Å². The second-order valence-corrected chi connectivity index (χ2v) is 9.83. The van der Waals surface area contributed by atoms with Crippen LogP contribution < -0.4 is 15.8 Å². The summed E-state index contributed by atoms with van der Waals surface area (Å²) in [5.41, 5.74) is 1.47. The number of halogens is 1. The van der Waals surface area contributed by atoms with E-state index in [0.29, 0.717) is 34.4 Å². The molecule has 3 aromatic rings. The number of hydrogen-bond acceptors (Lipinski definition) is 7. The highest BCUT2D eigenvalue weighted by molar-refractivity contribution is 5.77. The molecule has 9 heteroatoms. The Kier molecular flexibility index (Phi) is 5.61. The number of pyridine rings is 1. The van der Waals surface area contributed by atoms with Crippen molar-refractivity contribution in [2.24, 2.45) is 0 Å². The quantitative estimate of drug-likeness (QED) is 0.614.